The van der Waals surface area contributed by atoms with Gasteiger partial charge in [-0.05, 0) is 32.5 Å². The SMILES string of the molecule is CC1C=c2ccc3c(c2C(C)C1=O)C(=O)C=c1ccccc1=3.O=C(O)c1cncnn1. The molecule has 0 spiro atoms. The van der Waals surface area contributed by atoms with Gasteiger partial charge in [0.15, 0.2) is 11.5 Å². The van der Waals surface area contributed by atoms with Crippen molar-refractivity contribution in [1.82, 2.24) is 15.2 Å². The first-order valence-corrected chi connectivity index (χ1v) is 9.78. The number of aromatic nitrogens is 3. The minimum absolute atomic E-state index is 0.00755. The summed E-state index contributed by atoms with van der Waals surface area (Å²) in [5.74, 6) is -1.24. The maximum Gasteiger partial charge on any atom is 0.358 e. The first-order valence-electron chi connectivity index (χ1n) is 9.78. The second-order valence-electron chi connectivity index (χ2n) is 7.47. The van der Waals surface area contributed by atoms with Crippen molar-refractivity contribution in [2.24, 2.45) is 5.92 Å². The van der Waals surface area contributed by atoms with Crippen LogP contribution in [0.3, 0.4) is 0 Å². The first-order chi connectivity index (χ1) is 14.9. The van der Waals surface area contributed by atoms with Crippen molar-refractivity contribution < 1.29 is 19.5 Å². The molecule has 2 unspecified atom stereocenters. The summed E-state index contributed by atoms with van der Waals surface area (Å²) in [5.41, 5.74) is 1.47. The van der Waals surface area contributed by atoms with E-state index in [4.69, 9.17) is 5.11 Å². The molecule has 0 fully saturated rings. The molecule has 0 amide bonds. The normalized spacial score (nSPS) is 18.3. The van der Waals surface area contributed by atoms with Crippen LogP contribution in [0.4, 0.5) is 0 Å². The van der Waals surface area contributed by atoms with E-state index >= 15 is 0 Å². The number of hydrogen-bond acceptors (Lipinski definition) is 6. The molecule has 0 bridgehead atoms. The Hall–Kier alpha value is -4.00. The molecule has 3 aromatic rings. The third-order valence-electron chi connectivity index (χ3n) is 5.50. The van der Waals surface area contributed by atoms with E-state index in [1.54, 1.807) is 6.08 Å². The smallest absolute Gasteiger partial charge is 0.358 e. The Morgan fingerprint density at radius 2 is 1.77 bits per heavy atom. The van der Waals surface area contributed by atoms with Crippen LogP contribution < -0.4 is 10.4 Å². The highest BCUT2D eigenvalue weighted by atomic mass is 16.4. The zero-order valence-electron chi connectivity index (χ0n) is 16.9. The van der Waals surface area contributed by atoms with Gasteiger partial charge < -0.3 is 5.11 Å². The number of aromatic carboxylic acids is 1. The van der Waals surface area contributed by atoms with E-state index in [-0.39, 0.29) is 29.1 Å². The summed E-state index contributed by atoms with van der Waals surface area (Å²) in [6.07, 6.45) is 5.97. The predicted molar refractivity (Wildman–Crippen MR) is 112 cm³/mol. The molecule has 1 N–H and O–H groups in total. The number of carbonyl (C=O) groups excluding carboxylic acids is 2. The molecule has 2 aromatic carbocycles. The second-order valence-corrected chi connectivity index (χ2v) is 7.47. The molecule has 0 saturated heterocycles. The zero-order valence-corrected chi connectivity index (χ0v) is 16.9. The molecule has 2 aliphatic carbocycles. The monoisotopic (exact) mass is 413 g/mol. The lowest BCUT2D eigenvalue weighted by Gasteiger charge is -2.23. The summed E-state index contributed by atoms with van der Waals surface area (Å²) < 4.78 is 0. The van der Waals surface area contributed by atoms with Crippen molar-refractivity contribution in [3.8, 4) is 0 Å². The summed E-state index contributed by atoms with van der Waals surface area (Å²) >= 11 is 0. The Morgan fingerprint density at radius 3 is 2.45 bits per heavy atom. The fraction of sp³-hybridized carbons (Fsp3) is 0.167. The molecule has 1 aromatic heterocycles. The van der Waals surface area contributed by atoms with Crippen LogP contribution >= 0.6 is 0 Å². The summed E-state index contributed by atoms with van der Waals surface area (Å²) in [6, 6.07) is 12.0. The van der Waals surface area contributed by atoms with E-state index < -0.39 is 5.97 Å². The maximum atomic E-state index is 12.7. The third kappa shape index (κ3) is 3.66. The van der Waals surface area contributed by atoms with Crippen LogP contribution in [0.2, 0.25) is 0 Å². The van der Waals surface area contributed by atoms with Crippen molar-refractivity contribution in [2.75, 3.05) is 0 Å². The standard InChI is InChI=1S/C20H16O2.C4H3N3O2/c1-11-9-14-7-8-16-15-6-4-3-5-13(15)10-17(21)19(16)18(14)12(2)20(11)22;8-4(9)3-1-5-2-6-7-3/h3-12H,1-2H3;1-2H,(H,8,9). The molecule has 2 aliphatic rings. The van der Waals surface area contributed by atoms with Crippen LogP contribution in [0.25, 0.3) is 12.2 Å². The maximum absolute atomic E-state index is 12.7. The van der Waals surface area contributed by atoms with Gasteiger partial charge in [0.1, 0.15) is 12.1 Å². The van der Waals surface area contributed by atoms with Crippen molar-refractivity contribution >= 4 is 29.7 Å². The molecule has 2 atom stereocenters. The van der Waals surface area contributed by atoms with Crippen LogP contribution in [-0.2, 0) is 4.79 Å². The number of Topliss-reactive ketones (excluding diaryl/α,β-unsaturated/α-hetero) is 2. The Morgan fingerprint density at radius 1 is 1.00 bits per heavy atom. The largest absolute Gasteiger partial charge is 0.476 e. The number of hydrogen-bond donors (Lipinski definition) is 1. The second kappa shape index (κ2) is 8.02. The zero-order chi connectivity index (χ0) is 22.1. The highest BCUT2D eigenvalue weighted by Crippen LogP contribution is 2.27. The van der Waals surface area contributed by atoms with Gasteiger partial charge in [-0.2, -0.15) is 0 Å². The van der Waals surface area contributed by atoms with E-state index in [1.807, 2.05) is 56.3 Å². The van der Waals surface area contributed by atoms with E-state index in [2.05, 4.69) is 15.2 Å². The lowest BCUT2D eigenvalue weighted by atomic mass is 9.78. The van der Waals surface area contributed by atoms with Crippen LogP contribution in [0.5, 0.6) is 0 Å². The van der Waals surface area contributed by atoms with E-state index in [9.17, 15) is 14.4 Å². The number of carboxylic acids is 1. The molecular weight excluding hydrogens is 394 g/mol. The van der Waals surface area contributed by atoms with Crippen LogP contribution in [0.15, 0.2) is 48.9 Å². The average Bonchev–Trinajstić information content (AvgIpc) is 2.78. The lowest BCUT2D eigenvalue weighted by Crippen LogP contribution is -2.32. The van der Waals surface area contributed by atoms with Gasteiger partial charge in [0.25, 0.3) is 0 Å². The molecule has 0 aliphatic heterocycles. The van der Waals surface area contributed by atoms with Gasteiger partial charge in [0.2, 0.25) is 0 Å². The minimum Gasteiger partial charge on any atom is -0.476 e. The van der Waals surface area contributed by atoms with Crippen molar-refractivity contribution in [2.45, 2.75) is 19.8 Å². The Balaban J connectivity index is 0.000000217. The number of carboxylic acid groups (broad SMARTS) is 1. The molecule has 0 saturated carbocycles. The number of carbonyl (C=O) groups is 3. The summed E-state index contributed by atoms with van der Waals surface area (Å²) in [4.78, 5) is 38.6. The molecule has 0 radical (unpaired) electrons. The summed E-state index contributed by atoms with van der Waals surface area (Å²) in [6.45, 7) is 3.84. The van der Waals surface area contributed by atoms with E-state index in [0.29, 0.717) is 5.56 Å². The Labute approximate surface area is 177 Å². The first kappa shape index (κ1) is 20.3. The molecule has 5 rings (SSSR count). The van der Waals surface area contributed by atoms with Gasteiger partial charge >= 0.3 is 5.97 Å². The summed E-state index contributed by atoms with van der Waals surface area (Å²) in [5, 5.41) is 18.8. The number of rotatable bonds is 1. The third-order valence-corrected chi connectivity index (χ3v) is 5.50. The number of ketones is 2. The van der Waals surface area contributed by atoms with Crippen LogP contribution in [-0.4, -0.2) is 37.8 Å². The van der Waals surface area contributed by atoms with Crippen molar-refractivity contribution in [1.29, 1.82) is 0 Å². The lowest BCUT2D eigenvalue weighted by molar-refractivity contribution is -0.122. The summed E-state index contributed by atoms with van der Waals surface area (Å²) in [7, 11) is 0. The predicted octanol–water partition coefficient (Wildman–Crippen LogP) is 1.62. The molecular formula is C24H19N3O4. The van der Waals surface area contributed by atoms with E-state index in [0.717, 1.165) is 32.6 Å². The molecule has 1 heterocycles. The highest BCUT2D eigenvalue weighted by molar-refractivity contribution is 6.19. The fourth-order valence-corrected chi connectivity index (χ4v) is 4.05. The van der Waals surface area contributed by atoms with Crippen molar-refractivity contribution in [3.05, 3.63) is 86.6 Å². The van der Waals surface area contributed by atoms with E-state index in [1.165, 1.54) is 6.33 Å². The quantitative estimate of drug-likeness (QED) is 0.645. The topological polar surface area (TPSA) is 110 Å². The average molecular weight is 413 g/mol. The molecule has 154 valence electrons. The molecule has 31 heavy (non-hydrogen) atoms. The van der Waals surface area contributed by atoms with Gasteiger partial charge in [-0.25, -0.2) is 9.78 Å². The highest BCUT2D eigenvalue weighted by Gasteiger charge is 2.29. The van der Waals surface area contributed by atoms with Crippen molar-refractivity contribution in [3.63, 3.8) is 0 Å². The molecule has 7 nitrogen and oxygen atoms in total. The number of benzene rings is 2. The Kier molecular flexibility index (Phi) is 5.25. The van der Waals surface area contributed by atoms with Gasteiger partial charge in [-0.3, -0.25) is 9.59 Å². The minimum atomic E-state index is -1.12. The number of fused-ring (bicyclic) bond motifs is 4. The Bertz CT molecular complexity index is 1430. The number of nitrogens with zero attached hydrogens (tertiary/aromatic N) is 3. The van der Waals surface area contributed by atoms with Gasteiger partial charge in [0, 0.05) is 17.4 Å². The van der Waals surface area contributed by atoms with Gasteiger partial charge in [-0.15, -0.1) is 10.2 Å². The van der Waals surface area contributed by atoms with Crippen LogP contribution in [0.1, 0.15) is 46.2 Å². The molecule has 7 heteroatoms. The van der Waals surface area contributed by atoms with Crippen LogP contribution in [0, 0.1) is 16.4 Å². The fourth-order valence-electron chi connectivity index (χ4n) is 4.05. The van der Waals surface area contributed by atoms with Gasteiger partial charge in [-0.1, -0.05) is 56.3 Å². The van der Waals surface area contributed by atoms with Gasteiger partial charge in [0.05, 0.1) is 6.20 Å².